The van der Waals surface area contributed by atoms with Gasteiger partial charge in [-0.2, -0.15) is 0 Å². The van der Waals surface area contributed by atoms with Gasteiger partial charge in [-0.3, -0.25) is 4.98 Å². The normalized spacial score (nSPS) is 10.4. The smallest absolute Gasteiger partial charge is 0.149 e. The van der Waals surface area contributed by atoms with Crippen LogP contribution in [0.15, 0.2) is 12.4 Å². The number of halogens is 1. The fraction of sp³-hybridized carbons (Fsp3) is 0.600. The first kappa shape index (κ1) is 13.2. The Balaban J connectivity index is 2.66. The molecule has 5 nitrogen and oxygen atoms in total. The fourth-order valence-electron chi connectivity index (χ4n) is 1.23. The summed E-state index contributed by atoms with van der Waals surface area (Å²) in [6.07, 6.45) is 3.19. The fourth-order valence-corrected chi connectivity index (χ4v) is 1.37. The first-order chi connectivity index (χ1) is 7.77. The standard InChI is InChI=1S/C10H16ClN3O2/c1-15-5-3-14(4-6-16-2)10-8-12-7-9(11)13-10/h7-8H,3-6H2,1-2H3. The molecule has 0 saturated carbocycles. The minimum absolute atomic E-state index is 0.386. The first-order valence-electron chi connectivity index (χ1n) is 4.98. The molecule has 1 aromatic heterocycles. The summed E-state index contributed by atoms with van der Waals surface area (Å²) in [6.45, 7) is 2.71. The molecule has 0 aliphatic rings. The van der Waals surface area contributed by atoms with Crippen molar-refractivity contribution in [1.82, 2.24) is 9.97 Å². The molecule has 0 atom stereocenters. The second-order valence-corrected chi connectivity index (χ2v) is 3.56. The van der Waals surface area contributed by atoms with Crippen LogP contribution in [0.5, 0.6) is 0 Å². The van der Waals surface area contributed by atoms with Crippen molar-refractivity contribution in [2.75, 3.05) is 45.4 Å². The molecule has 0 fully saturated rings. The Bertz CT molecular complexity index is 304. The summed E-state index contributed by atoms with van der Waals surface area (Å²) in [5.41, 5.74) is 0. The van der Waals surface area contributed by atoms with Crippen LogP contribution in [0.25, 0.3) is 0 Å². The van der Waals surface area contributed by atoms with Crippen molar-refractivity contribution < 1.29 is 9.47 Å². The monoisotopic (exact) mass is 245 g/mol. The Labute approximate surface area is 100 Å². The van der Waals surface area contributed by atoms with Crippen molar-refractivity contribution in [3.63, 3.8) is 0 Å². The van der Waals surface area contributed by atoms with Gasteiger partial charge in [-0.15, -0.1) is 0 Å². The van der Waals surface area contributed by atoms with Gasteiger partial charge in [0.15, 0.2) is 0 Å². The Morgan fingerprint density at radius 2 is 1.81 bits per heavy atom. The molecule has 16 heavy (non-hydrogen) atoms. The largest absolute Gasteiger partial charge is 0.383 e. The maximum absolute atomic E-state index is 5.79. The van der Waals surface area contributed by atoms with E-state index in [9.17, 15) is 0 Å². The highest BCUT2D eigenvalue weighted by molar-refractivity contribution is 6.29. The molecule has 6 heteroatoms. The van der Waals surface area contributed by atoms with Crippen LogP contribution >= 0.6 is 11.6 Å². The zero-order chi connectivity index (χ0) is 11.8. The second kappa shape index (κ2) is 7.38. The number of methoxy groups -OCH3 is 2. The molecule has 0 bridgehead atoms. The molecule has 0 aliphatic carbocycles. The summed E-state index contributed by atoms with van der Waals surface area (Å²) in [6, 6.07) is 0. The summed E-state index contributed by atoms with van der Waals surface area (Å²) < 4.78 is 10.1. The number of nitrogens with zero attached hydrogens (tertiary/aromatic N) is 3. The van der Waals surface area contributed by atoms with Crippen LogP contribution in [0.2, 0.25) is 5.15 Å². The van der Waals surface area contributed by atoms with Gasteiger partial charge in [-0.05, 0) is 0 Å². The van der Waals surface area contributed by atoms with E-state index in [-0.39, 0.29) is 0 Å². The molecular weight excluding hydrogens is 230 g/mol. The van der Waals surface area contributed by atoms with E-state index < -0.39 is 0 Å². The molecule has 1 rings (SSSR count). The average Bonchev–Trinajstić information content (AvgIpc) is 2.29. The molecule has 0 unspecified atom stereocenters. The second-order valence-electron chi connectivity index (χ2n) is 3.17. The first-order valence-corrected chi connectivity index (χ1v) is 5.36. The van der Waals surface area contributed by atoms with Crippen molar-refractivity contribution in [2.24, 2.45) is 0 Å². The lowest BCUT2D eigenvalue weighted by molar-refractivity contribution is 0.190. The molecule has 1 heterocycles. The van der Waals surface area contributed by atoms with E-state index in [2.05, 4.69) is 9.97 Å². The zero-order valence-electron chi connectivity index (χ0n) is 9.52. The average molecular weight is 246 g/mol. The summed E-state index contributed by atoms with van der Waals surface area (Å²) in [5.74, 6) is 0.738. The van der Waals surface area contributed by atoms with Crippen molar-refractivity contribution in [3.8, 4) is 0 Å². The maximum atomic E-state index is 5.79. The zero-order valence-corrected chi connectivity index (χ0v) is 10.3. The van der Waals surface area contributed by atoms with Crippen molar-refractivity contribution >= 4 is 17.4 Å². The van der Waals surface area contributed by atoms with Gasteiger partial charge in [0.1, 0.15) is 11.0 Å². The summed E-state index contributed by atoms with van der Waals surface area (Å²) in [4.78, 5) is 10.2. The lowest BCUT2D eigenvalue weighted by Gasteiger charge is -2.22. The number of rotatable bonds is 7. The lowest BCUT2D eigenvalue weighted by atomic mass is 10.4. The number of anilines is 1. The van der Waals surface area contributed by atoms with Gasteiger partial charge in [0.25, 0.3) is 0 Å². The molecule has 0 spiro atoms. The van der Waals surface area contributed by atoms with Crippen LogP contribution < -0.4 is 4.90 Å². The highest BCUT2D eigenvalue weighted by Gasteiger charge is 2.08. The molecule has 0 amide bonds. The van der Waals surface area contributed by atoms with Crippen LogP contribution in [0.1, 0.15) is 0 Å². The van der Waals surface area contributed by atoms with Gasteiger partial charge in [0.2, 0.25) is 0 Å². The van der Waals surface area contributed by atoms with Crippen LogP contribution in [-0.2, 0) is 9.47 Å². The number of hydrogen-bond acceptors (Lipinski definition) is 5. The predicted molar refractivity (Wildman–Crippen MR) is 63.0 cm³/mol. The third kappa shape index (κ3) is 4.30. The topological polar surface area (TPSA) is 47.5 Å². The van der Waals surface area contributed by atoms with Gasteiger partial charge in [0, 0.05) is 27.3 Å². The quantitative estimate of drug-likeness (QED) is 0.723. The Morgan fingerprint density at radius 1 is 1.19 bits per heavy atom. The third-order valence-electron chi connectivity index (χ3n) is 2.05. The molecule has 1 aromatic rings. The van der Waals surface area contributed by atoms with E-state index in [4.69, 9.17) is 21.1 Å². The SMILES string of the molecule is COCCN(CCOC)c1cncc(Cl)n1. The number of aromatic nitrogens is 2. The van der Waals surface area contributed by atoms with Crippen molar-refractivity contribution in [3.05, 3.63) is 17.5 Å². The van der Waals surface area contributed by atoms with Crippen molar-refractivity contribution in [2.45, 2.75) is 0 Å². The third-order valence-corrected chi connectivity index (χ3v) is 2.23. The maximum Gasteiger partial charge on any atom is 0.149 e. The van der Waals surface area contributed by atoms with Crippen molar-refractivity contribution in [1.29, 1.82) is 0 Å². The van der Waals surface area contributed by atoms with Gasteiger partial charge in [-0.1, -0.05) is 11.6 Å². The van der Waals surface area contributed by atoms with Crippen LogP contribution in [0.3, 0.4) is 0 Å². The number of hydrogen-bond donors (Lipinski definition) is 0. The predicted octanol–water partition coefficient (Wildman–Crippen LogP) is 1.23. The van der Waals surface area contributed by atoms with Gasteiger partial charge in [-0.25, -0.2) is 4.98 Å². The molecule has 0 saturated heterocycles. The Kier molecular flexibility index (Phi) is 6.07. The highest BCUT2D eigenvalue weighted by atomic mass is 35.5. The molecular formula is C10H16ClN3O2. The molecule has 0 N–H and O–H groups in total. The molecule has 0 aromatic carbocycles. The summed E-state index contributed by atoms with van der Waals surface area (Å²) >= 11 is 5.79. The summed E-state index contributed by atoms with van der Waals surface area (Å²) in [5, 5.41) is 0.386. The lowest BCUT2D eigenvalue weighted by Crippen LogP contribution is -2.31. The van der Waals surface area contributed by atoms with E-state index in [1.54, 1.807) is 20.4 Å². The van der Waals surface area contributed by atoms with E-state index in [1.165, 1.54) is 6.20 Å². The van der Waals surface area contributed by atoms with Gasteiger partial charge >= 0.3 is 0 Å². The minimum atomic E-state index is 0.386. The minimum Gasteiger partial charge on any atom is -0.383 e. The highest BCUT2D eigenvalue weighted by Crippen LogP contribution is 2.11. The van der Waals surface area contributed by atoms with E-state index >= 15 is 0 Å². The Hall–Kier alpha value is -0.910. The van der Waals surface area contributed by atoms with Crippen LogP contribution in [-0.4, -0.2) is 50.5 Å². The van der Waals surface area contributed by atoms with E-state index in [0.717, 1.165) is 18.9 Å². The molecule has 0 radical (unpaired) electrons. The van der Waals surface area contributed by atoms with Gasteiger partial charge in [0.05, 0.1) is 25.6 Å². The van der Waals surface area contributed by atoms with E-state index in [1.807, 2.05) is 4.90 Å². The van der Waals surface area contributed by atoms with Crippen LogP contribution in [0.4, 0.5) is 5.82 Å². The van der Waals surface area contributed by atoms with Crippen LogP contribution in [0, 0.1) is 0 Å². The Morgan fingerprint density at radius 3 is 2.31 bits per heavy atom. The summed E-state index contributed by atoms with van der Waals surface area (Å²) in [7, 11) is 3.33. The molecule has 0 aliphatic heterocycles. The van der Waals surface area contributed by atoms with E-state index in [0.29, 0.717) is 18.4 Å². The van der Waals surface area contributed by atoms with Gasteiger partial charge < -0.3 is 14.4 Å². The number of ether oxygens (including phenoxy) is 2. The molecule has 90 valence electrons.